The number of amides is 2. The van der Waals surface area contributed by atoms with Gasteiger partial charge < -0.3 is 10.2 Å². The van der Waals surface area contributed by atoms with E-state index in [0.717, 1.165) is 17.7 Å². The van der Waals surface area contributed by atoms with E-state index in [-0.39, 0.29) is 6.03 Å². The SMILES string of the molecule is Cc1cccc(NC(=O)N(C)CCc2ccncc2)c1. The minimum Gasteiger partial charge on any atom is -0.327 e. The van der Waals surface area contributed by atoms with E-state index in [2.05, 4.69) is 10.3 Å². The van der Waals surface area contributed by atoms with Crippen LogP contribution in [-0.4, -0.2) is 29.5 Å². The topological polar surface area (TPSA) is 45.2 Å². The third-order valence-electron chi connectivity index (χ3n) is 3.10. The van der Waals surface area contributed by atoms with E-state index in [4.69, 9.17) is 0 Å². The fourth-order valence-electron chi connectivity index (χ4n) is 1.89. The van der Waals surface area contributed by atoms with E-state index in [9.17, 15) is 4.79 Å². The number of likely N-dealkylation sites (N-methyl/N-ethyl adjacent to an activating group) is 1. The van der Waals surface area contributed by atoms with E-state index in [1.807, 2.05) is 43.3 Å². The van der Waals surface area contributed by atoms with Crippen LogP contribution in [0.2, 0.25) is 0 Å². The molecule has 104 valence electrons. The minimum atomic E-state index is -0.0929. The van der Waals surface area contributed by atoms with Gasteiger partial charge in [0.05, 0.1) is 0 Å². The maximum atomic E-state index is 12.0. The zero-order valence-electron chi connectivity index (χ0n) is 11.8. The molecular weight excluding hydrogens is 250 g/mol. The Bertz CT molecular complexity index is 569. The third-order valence-corrected chi connectivity index (χ3v) is 3.10. The van der Waals surface area contributed by atoms with Gasteiger partial charge in [0.1, 0.15) is 0 Å². The van der Waals surface area contributed by atoms with Crippen molar-refractivity contribution in [2.24, 2.45) is 0 Å². The maximum absolute atomic E-state index is 12.0. The molecular formula is C16H19N3O. The molecule has 1 N–H and O–H groups in total. The van der Waals surface area contributed by atoms with E-state index < -0.39 is 0 Å². The lowest BCUT2D eigenvalue weighted by atomic mass is 10.2. The summed E-state index contributed by atoms with van der Waals surface area (Å²) in [5, 5.41) is 2.89. The summed E-state index contributed by atoms with van der Waals surface area (Å²) in [6, 6.07) is 11.6. The van der Waals surface area contributed by atoms with Gasteiger partial charge in [0.15, 0.2) is 0 Å². The predicted molar refractivity (Wildman–Crippen MR) is 80.8 cm³/mol. The van der Waals surface area contributed by atoms with Crippen molar-refractivity contribution < 1.29 is 4.79 Å². The molecule has 20 heavy (non-hydrogen) atoms. The number of nitrogens with zero attached hydrogens (tertiary/aromatic N) is 2. The number of carbonyl (C=O) groups is 1. The standard InChI is InChI=1S/C16H19N3O/c1-13-4-3-5-15(12-13)18-16(20)19(2)11-8-14-6-9-17-10-7-14/h3-7,9-10,12H,8,11H2,1-2H3,(H,18,20). The molecule has 4 nitrogen and oxygen atoms in total. The van der Waals surface area contributed by atoms with Crippen LogP contribution in [0.3, 0.4) is 0 Å². The van der Waals surface area contributed by atoms with Crippen LogP contribution in [0.5, 0.6) is 0 Å². The molecule has 0 fully saturated rings. The Morgan fingerprint density at radius 1 is 1.25 bits per heavy atom. The Kier molecular flexibility index (Phi) is 4.71. The predicted octanol–water partition coefficient (Wildman–Crippen LogP) is 3.10. The summed E-state index contributed by atoms with van der Waals surface area (Å²) in [7, 11) is 1.80. The first kappa shape index (κ1) is 14.1. The number of rotatable bonds is 4. The van der Waals surface area contributed by atoms with Crippen molar-refractivity contribution in [3.8, 4) is 0 Å². The zero-order chi connectivity index (χ0) is 14.4. The molecule has 0 bridgehead atoms. The molecule has 0 saturated carbocycles. The van der Waals surface area contributed by atoms with Crippen LogP contribution in [-0.2, 0) is 6.42 Å². The van der Waals surface area contributed by atoms with E-state index in [1.54, 1.807) is 24.3 Å². The van der Waals surface area contributed by atoms with E-state index in [1.165, 1.54) is 5.56 Å². The highest BCUT2D eigenvalue weighted by molar-refractivity contribution is 5.89. The summed E-state index contributed by atoms with van der Waals surface area (Å²) in [6.07, 6.45) is 4.35. The number of carbonyl (C=O) groups excluding carboxylic acids is 1. The van der Waals surface area contributed by atoms with Gasteiger partial charge in [-0.15, -0.1) is 0 Å². The Balaban J connectivity index is 1.86. The van der Waals surface area contributed by atoms with Gasteiger partial charge >= 0.3 is 6.03 Å². The third kappa shape index (κ3) is 4.09. The number of hydrogen-bond donors (Lipinski definition) is 1. The summed E-state index contributed by atoms with van der Waals surface area (Å²) in [5.74, 6) is 0. The summed E-state index contributed by atoms with van der Waals surface area (Å²) in [4.78, 5) is 17.7. The number of benzene rings is 1. The number of nitrogens with one attached hydrogen (secondary N) is 1. The van der Waals surface area contributed by atoms with Gasteiger partial charge in [-0.2, -0.15) is 0 Å². The number of aromatic nitrogens is 1. The normalized spacial score (nSPS) is 10.1. The van der Waals surface area contributed by atoms with Crippen molar-refractivity contribution >= 4 is 11.7 Å². The fraction of sp³-hybridized carbons (Fsp3) is 0.250. The number of urea groups is 1. The monoisotopic (exact) mass is 269 g/mol. The molecule has 1 aromatic heterocycles. The van der Waals surface area contributed by atoms with Gasteiger partial charge in [0.2, 0.25) is 0 Å². The van der Waals surface area contributed by atoms with Gasteiger partial charge in [-0.1, -0.05) is 12.1 Å². The lowest BCUT2D eigenvalue weighted by Crippen LogP contribution is -2.33. The Morgan fingerprint density at radius 3 is 2.70 bits per heavy atom. The highest BCUT2D eigenvalue weighted by Gasteiger charge is 2.08. The first-order valence-corrected chi connectivity index (χ1v) is 6.63. The number of pyridine rings is 1. The van der Waals surface area contributed by atoms with Gasteiger partial charge in [0, 0.05) is 31.7 Å². The summed E-state index contributed by atoms with van der Waals surface area (Å²) in [5.41, 5.74) is 3.13. The maximum Gasteiger partial charge on any atom is 0.321 e. The molecule has 0 spiro atoms. The minimum absolute atomic E-state index is 0.0929. The van der Waals surface area contributed by atoms with Crippen LogP contribution >= 0.6 is 0 Å². The molecule has 0 atom stereocenters. The molecule has 0 aliphatic rings. The average Bonchev–Trinajstić information content (AvgIpc) is 2.46. The smallest absolute Gasteiger partial charge is 0.321 e. The summed E-state index contributed by atoms with van der Waals surface area (Å²) >= 11 is 0. The lowest BCUT2D eigenvalue weighted by molar-refractivity contribution is 0.223. The molecule has 2 amide bonds. The van der Waals surface area contributed by atoms with Crippen LogP contribution < -0.4 is 5.32 Å². The highest BCUT2D eigenvalue weighted by Crippen LogP contribution is 2.10. The molecule has 4 heteroatoms. The fourth-order valence-corrected chi connectivity index (χ4v) is 1.89. The lowest BCUT2D eigenvalue weighted by Gasteiger charge is -2.18. The second kappa shape index (κ2) is 6.70. The number of aryl methyl sites for hydroxylation is 1. The van der Waals surface area contributed by atoms with E-state index in [0.29, 0.717) is 6.54 Å². The van der Waals surface area contributed by atoms with Crippen LogP contribution in [0.4, 0.5) is 10.5 Å². The Labute approximate surface area is 119 Å². The van der Waals surface area contributed by atoms with Crippen molar-refractivity contribution in [3.63, 3.8) is 0 Å². The molecule has 0 saturated heterocycles. The van der Waals surface area contributed by atoms with Crippen LogP contribution in [0, 0.1) is 6.92 Å². The highest BCUT2D eigenvalue weighted by atomic mass is 16.2. The molecule has 2 aromatic rings. The Hall–Kier alpha value is -2.36. The van der Waals surface area contributed by atoms with Crippen molar-refractivity contribution in [1.82, 2.24) is 9.88 Å². The zero-order valence-corrected chi connectivity index (χ0v) is 11.8. The van der Waals surface area contributed by atoms with Crippen molar-refractivity contribution in [1.29, 1.82) is 0 Å². The van der Waals surface area contributed by atoms with Crippen molar-refractivity contribution in [2.75, 3.05) is 18.9 Å². The van der Waals surface area contributed by atoms with Gasteiger partial charge in [-0.25, -0.2) is 4.79 Å². The molecule has 2 rings (SSSR count). The summed E-state index contributed by atoms with van der Waals surface area (Å²) in [6.45, 7) is 2.67. The van der Waals surface area contributed by atoms with Gasteiger partial charge in [-0.05, 0) is 48.7 Å². The van der Waals surface area contributed by atoms with E-state index >= 15 is 0 Å². The first-order chi connectivity index (χ1) is 9.65. The van der Waals surface area contributed by atoms with Crippen LogP contribution in [0.15, 0.2) is 48.8 Å². The molecule has 0 unspecified atom stereocenters. The second-order valence-electron chi connectivity index (χ2n) is 4.83. The first-order valence-electron chi connectivity index (χ1n) is 6.63. The summed E-state index contributed by atoms with van der Waals surface area (Å²) < 4.78 is 0. The van der Waals surface area contributed by atoms with Crippen molar-refractivity contribution in [2.45, 2.75) is 13.3 Å². The quantitative estimate of drug-likeness (QED) is 0.927. The second-order valence-corrected chi connectivity index (χ2v) is 4.83. The molecule has 1 heterocycles. The van der Waals surface area contributed by atoms with Gasteiger partial charge in [0.25, 0.3) is 0 Å². The van der Waals surface area contributed by atoms with Crippen LogP contribution in [0.25, 0.3) is 0 Å². The number of anilines is 1. The van der Waals surface area contributed by atoms with Crippen molar-refractivity contribution in [3.05, 3.63) is 59.9 Å². The Morgan fingerprint density at radius 2 is 2.00 bits per heavy atom. The number of hydrogen-bond acceptors (Lipinski definition) is 2. The van der Waals surface area contributed by atoms with Gasteiger partial charge in [-0.3, -0.25) is 4.98 Å². The van der Waals surface area contributed by atoms with Crippen LogP contribution in [0.1, 0.15) is 11.1 Å². The molecule has 0 aliphatic carbocycles. The molecule has 1 aromatic carbocycles. The molecule has 0 radical (unpaired) electrons. The molecule has 0 aliphatic heterocycles. The largest absolute Gasteiger partial charge is 0.327 e. The average molecular weight is 269 g/mol.